The second-order valence-corrected chi connectivity index (χ2v) is 6.59. The van der Waals surface area contributed by atoms with Gasteiger partial charge in [-0.25, -0.2) is 0 Å². The topological polar surface area (TPSA) is 72.3 Å². The van der Waals surface area contributed by atoms with Gasteiger partial charge in [-0.2, -0.15) is 0 Å². The average Bonchev–Trinajstić information content (AvgIpc) is 3.14. The van der Waals surface area contributed by atoms with Gasteiger partial charge < -0.3 is 16.4 Å². The molecule has 2 fully saturated rings. The van der Waals surface area contributed by atoms with Crippen LogP contribution < -0.4 is 11.5 Å². The van der Waals surface area contributed by atoms with E-state index in [1.54, 1.807) is 0 Å². The van der Waals surface area contributed by atoms with Crippen LogP contribution in [0.25, 0.3) is 0 Å². The molecular weight excluding hydrogens is 262 g/mol. The van der Waals surface area contributed by atoms with Crippen LogP contribution in [-0.4, -0.2) is 36.0 Å². The molecule has 0 radical (unpaired) electrons. The molecule has 0 unspecified atom stereocenters. The Balaban J connectivity index is 1.76. The summed E-state index contributed by atoms with van der Waals surface area (Å²) in [6.45, 7) is 2.11. The number of rotatable bonds is 3. The third kappa shape index (κ3) is 2.70. The smallest absolute Gasteiger partial charge is 0.242 e. The van der Waals surface area contributed by atoms with Crippen molar-refractivity contribution < 1.29 is 4.79 Å². The lowest BCUT2D eigenvalue weighted by Crippen LogP contribution is -2.53. The molecule has 0 bridgehead atoms. The number of likely N-dealkylation sites (tertiary alicyclic amines) is 1. The molecular formula is C17H25N3O. The van der Waals surface area contributed by atoms with Gasteiger partial charge in [0.1, 0.15) is 0 Å². The Labute approximate surface area is 126 Å². The van der Waals surface area contributed by atoms with Gasteiger partial charge in [-0.05, 0) is 30.9 Å². The maximum Gasteiger partial charge on any atom is 0.242 e. The molecule has 4 nitrogen and oxygen atoms in total. The summed E-state index contributed by atoms with van der Waals surface area (Å²) in [6, 6.07) is 10.4. The first kappa shape index (κ1) is 14.5. The molecule has 21 heavy (non-hydrogen) atoms. The highest BCUT2D eigenvalue weighted by molar-refractivity contribution is 5.86. The van der Waals surface area contributed by atoms with Crippen molar-refractivity contribution in [2.75, 3.05) is 19.6 Å². The van der Waals surface area contributed by atoms with Crippen molar-refractivity contribution in [2.24, 2.45) is 17.4 Å². The van der Waals surface area contributed by atoms with E-state index in [-0.39, 0.29) is 5.91 Å². The number of hydrogen-bond acceptors (Lipinski definition) is 3. The number of carbonyl (C=O) groups is 1. The summed E-state index contributed by atoms with van der Waals surface area (Å²) in [4.78, 5) is 14.7. The van der Waals surface area contributed by atoms with Gasteiger partial charge in [0, 0.05) is 19.0 Å². The number of nitrogens with zero attached hydrogens (tertiary/aromatic N) is 1. The molecule has 4 heteroatoms. The maximum atomic E-state index is 12.8. The minimum Gasteiger partial charge on any atom is -0.340 e. The summed E-state index contributed by atoms with van der Waals surface area (Å²) in [5.41, 5.74) is 12.9. The van der Waals surface area contributed by atoms with Crippen LogP contribution in [0.4, 0.5) is 0 Å². The third-order valence-electron chi connectivity index (χ3n) is 5.18. The molecule has 114 valence electrons. The summed E-state index contributed by atoms with van der Waals surface area (Å²) in [5.74, 6) is 0.809. The predicted molar refractivity (Wildman–Crippen MR) is 83.7 cm³/mol. The highest BCUT2D eigenvalue weighted by atomic mass is 16.2. The number of amides is 1. The lowest BCUT2D eigenvalue weighted by molar-refractivity contribution is -0.135. The van der Waals surface area contributed by atoms with Crippen LogP contribution in [0.2, 0.25) is 0 Å². The Morgan fingerprint density at radius 2 is 1.86 bits per heavy atom. The zero-order valence-corrected chi connectivity index (χ0v) is 12.5. The van der Waals surface area contributed by atoms with E-state index in [1.165, 1.54) is 5.56 Å². The quantitative estimate of drug-likeness (QED) is 0.884. The van der Waals surface area contributed by atoms with Crippen LogP contribution >= 0.6 is 0 Å². The lowest BCUT2D eigenvalue weighted by atomic mass is 9.89. The largest absolute Gasteiger partial charge is 0.340 e. The fraction of sp³-hybridized carbons (Fsp3) is 0.588. The Hall–Kier alpha value is -1.39. The zero-order valence-electron chi connectivity index (χ0n) is 12.5. The van der Waals surface area contributed by atoms with Gasteiger partial charge in [-0.1, -0.05) is 43.2 Å². The van der Waals surface area contributed by atoms with Crippen LogP contribution in [0, 0.1) is 5.92 Å². The third-order valence-corrected chi connectivity index (χ3v) is 5.18. The number of benzene rings is 1. The molecule has 2 aliphatic rings. The minimum atomic E-state index is -0.620. The van der Waals surface area contributed by atoms with E-state index >= 15 is 0 Å². The first-order valence-electron chi connectivity index (χ1n) is 7.97. The van der Waals surface area contributed by atoms with Crippen molar-refractivity contribution >= 4 is 5.91 Å². The van der Waals surface area contributed by atoms with Crippen molar-refractivity contribution in [3.8, 4) is 0 Å². The zero-order chi connectivity index (χ0) is 14.9. The molecule has 1 heterocycles. The van der Waals surface area contributed by atoms with Crippen LogP contribution in [0.15, 0.2) is 30.3 Å². The van der Waals surface area contributed by atoms with Crippen LogP contribution in [0.3, 0.4) is 0 Å². The average molecular weight is 287 g/mol. The second kappa shape index (κ2) is 5.78. The molecule has 2 atom stereocenters. The van der Waals surface area contributed by atoms with Gasteiger partial charge in [-0.15, -0.1) is 0 Å². The first-order chi connectivity index (χ1) is 10.1. The van der Waals surface area contributed by atoms with Gasteiger partial charge in [0.05, 0.1) is 5.54 Å². The van der Waals surface area contributed by atoms with Gasteiger partial charge in [0.25, 0.3) is 0 Å². The minimum absolute atomic E-state index is 0.136. The van der Waals surface area contributed by atoms with Gasteiger partial charge in [0.15, 0.2) is 0 Å². The molecule has 4 N–H and O–H groups in total. The summed E-state index contributed by atoms with van der Waals surface area (Å²) in [6.07, 6.45) is 3.79. The van der Waals surface area contributed by atoms with Crippen LogP contribution in [0.1, 0.15) is 37.2 Å². The van der Waals surface area contributed by atoms with Crippen LogP contribution in [0.5, 0.6) is 0 Å². The summed E-state index contributed by atoms with van der Waals surface area (Å²) < 4.78 is 0. The van der Waals surface area contributed by atoms with Crippen molar-refractivity contribution in [1.29, 1.82) is 0 Å². The summed E-state index contributed by atoms with van der Waals surface area (Å²) in [7, 11) is 0. The Morgan fingerprint density at radius 1 is 1.19 bits per heavy atom. The Bertz CT molecular complexity index is 496. The van der Waals surface area contributed by atoms with E-state index in [0.717, 1.165) is 38.8 Å². The fourth-order valence-corrected chi connectivity index (χ4v) is 3.89. The molecule has 1 amide bonds. The second-order valence-electron chi connectivity index (χ2n) is 6.59. The molecule has 1 saturated heterocycles. The highest BCUT2D eigenvalue weighted by Crippen LogP contribution is 2.36. The molecule has 1 saturated carbocycles. The SMILES string of the molecule is NC[C@@H]1CN(C(=O)C2(N)CCCC2)C[C@H]1c1ccccc1. The van der Waals surface area contributed by atoms with E-state index in [1.807, 2.05) is 11.0 Å². The molecule has 0 spiro atoms. The van der Waals surface area contributed by atoms with Gasteiger partial charge >= 0.3 is 0 Å². The molecule has 1 aromatic rings. The number of nitrogens with two attached hydrogens (primary N) is 2. The summed E-state index contributed by atoms with van der Waals surface area (Å²) >= 11 is 0. The van der Waals surface area contributed by atoms with Crippen molar-refractivity contribution in [3.63, 3.8) is 0 Å². The summed E-state index contributed by atoms with van der Waals surface area (Å²) in [5, 5.41) is 0. The number of hydrogen-bond donors (Lipinski definition) is 2. The van der Waals surface area contributed by atoms with E-state index in [4.69, 9.17) is 11.5 Å². The van der Waals surface area contributed by atoms with Crippen LogP contribution in [-0.2, 0) is 4.79 Å². The Morgan fingerprint density at radius 3 is 2.48 bits per heavy atom. The molecule has 1 aliphatic heterocycles. The number of carbonyl (C=O) groups excluding carboxylic acids is 1. The maximum absolute atomic E-state index is 12.8. The molecule has 1 aromatic carbocycles. The van der Waals surface area contributed by atoms with E-state index in [0.29, 0.717) is 18.4 Å². The van der Waals surface area contributed by atoms with Gasteiger partial charge in [-0.3, -0.25) is 4.79 Å². The van der Waals surface area contributed by atoms with Crippen molar-refractivity contribution in [2.45, 2.75) is 37.1 Å². The molecule has 0 aromatic heterocycles. The normalized spacial score (nSPS) is 28.0. The standard InChI is InChI=1S/C17H25N3O/c18-10-14-11-20(16(21)17(19)8-4-5-9-17)12-15(14)13-6-2-1-3-7-13/h1-3,6-7,14-15H,4-5,8-12,18-19H2/t14-,15+/m1/s1. The first-order valence-corrected chi connectivity index (χ1v) is 7.97. The molecule has 3 rings (SSSR count). The van der Waals surface area contributed by atoms with Gasteiger partial charge in [0.2, 0.25) is 5.91 Å². The van der Waals surface area contributed by atoms with Crippen molar-refractivity contribution in [1.82, 2.24) is 4.90 Å². The van der Waals surface area contributed by atoms with E-state index in [2.05, 4.69) is 24.3 Å². The monoisotopic (exact) mass is 287 g/mol. The lowest BCUT2D eigenvalue weighted by Gasteiger charge is -2.28. The molecule has 1 aliphatic carbocycles. The van der Waals surface area contributed by atoms with Crippen molar-refractivity contribution in [3.05, 3.63) is 35.9 Å². The predicted octanol–water partition coefficient (Wildman–Crippen LogP) is 1.46. The van der Waals surface area contributed by atoms with E-state index < -0.39 is 5.54 Å². The van der Waals surface area contributed by atoms with E-state index in [9.17, 15) is 4.79 Å². The Kier molecular flexibility index (Phi) is 4.00. The highest BCUT2D eigenvalue weighted by Gasteiger charge is 2.44. The fourth-order valence-electron chi connectivity index (χ4n) is 3.89.